The van der Waals surface area contributed by atoms with E-state index in [1.165, 1.54) is 31.4 Å². The highest BCUT2D eigenvalue weighted by Crippen LogP contribution is 2.27. The number of anilines is 1. The van der Waals surface area contributed by atoms with Crippen molar-refractivity contribution in [2.24, 2.45) is 0 Å². The van der Waals surface area contributed by atoms with Crippen molar-refractivity contribution in [1.82, 2.24) is 15.1 Å². The molecule has 30 heavy (non-hydrogen) atoms. The topological polar surface area (TPSA) is 48.1 Å². The number of nitrogens with one attached hydrogen (secondary N) is 1. The molecule has 0 atom stereocenters. The van der Waals surface area contributed by atoms with E-state index < -0.39 is 6.36 Å². The molecule has 166 valence electrons. The quantitative estimate of drug-likeness (QED) is 0.802. The standard InChI is InChI=1S/C21H29F3N4O2/c22-21(23,24)30-19-8-6-17(7-9-19)26-10-12-27(13-11-26)18-14-28(15-18)20(29)25-16-4-2-1-3-5-16/h6-9,16,18H,1-5,10-15H2,(H,25,29). The van der Waals surface area contributed by atoms with Gasteiger partial charge in [0.1, 0.15) is 5.75 Å². The summed E-state index contributed by atoms with van der Waals surface area (Å²) in [4.78, 5) is 18.8. The van der Waals surface area contributed by atoms with Crippen molar-refractivity contribution in [3.63, 3.8) is 0 Å². The lowest BCUT2D eigenvalue weighted by Crippen LogP contribution is -2.66. The van der Waals surface area contributed by atoms with Gasteiger partial charge in [0.2, 0.25) is 0 Å². The van der Waals surface area contributed by atoms with Crippen LogP contribution in [0.1, 0.15) is 32.1 Å². The molecule has 1 saturated carbocycles. The number of hydrogen-bond donors (Lipinski definition) is 1. The SMILES string of the molecule is O=C(NC1CCCCC1)N1CC(N2CCN(c3ccc(OC(F)(F)F)cc3)CC2)C1. The van der Waals surface area contributed by atoms with Gasteiger partial charge in [-0.05, 0) is 37.1 Å². The molecule has 0 bridgehead atoms. The first-order chi connectivity index (χ1) is 14.4. The molecule has 1 aromatic rings. The lowest BCUT2D eigenvalue weighted by molar-refractivity contribution is -0.274. The second-order valence-corrected chi connectivity index (χ2v) is 8.41. The number of piperazine rings is 1. The van der Waals surface area contributed by atoms with Gasteiger partial charge in [-0.25, -0.2) is 4.79 Å². The van der Waals surface area contributed by atoms with Crippen LogP contribution in [0, 0.1) is 0 Å². The Balaban J connectivity index is 1.19. The van der Waals surface area contributed by atoms with E-state index in [0.717, 1.165) is 57.8 Å². The number of amides is 2. The average molecular weight is 426 g/mol. The maximum Gasteiger partial charge on any atom is 0.573 e. The highest BCUT2D eigenvalue weighted by atomic mass is 19.4. The summed E-state index contributed by atoms with van der Waals surface area (Å²) < 4.78 is 40.8. The number of alkyl halides is 3. The number of benzene rings is 1. The molecule has 0 unspecified atom stereocenters. The van der Waals surface area contributed by atoms with Crippen LogP contribution in [-0.4, -0.2) is 73.5 Å². The van der Waals surface area contributed by atoms with Crippen molar-refractivity contribution in [3.8, 4) is 5.75 Å². The van der Waals surface area contributed by atoms with Crippen LogP contribution in [0.4, 0.5) is 23.7 Å². The first kappa shape index (κ1) is 21.1. The molecular weight excluding hydrogens is 397 g/mol. The molecule has 0 aromatic heterocycles. The summed E-state index contributed by atoms with van der Waals surface area (Å²) in [7, 11) is 0. The van der Waals surface area contributed by atoms with E-state index in [1.54, 1.807) is 12.1 Å². The van der Waals surface area contributed by atoms with Crippen molar-refractivity contribution in [3.05, 3.63) is 24.3 Å². The summed E-state index contributed by atoms with van der Waals surface area (Å²) in [6.45, 7) is 4.91. The average Bonchev–Trinajstić information content (AvgIpc) is 2.68. The molecular formula is C21H29F3N4O2. The first-order valence-electron chi connectivity index (χ1n) is 10.8. The molecule has 4 rings (SSSR count). The van der Waals surface area contributed by atoms with Gasteiger partial charge in [-0.1, -0.05) is 19.3 Å². The summed E-state index contributed by atoms with van der Waals surface area (Å²) in [6.07, 6.45) is 1.20. The number of ether oxygens (including phenoxy) is 1. The second kappa shape index (κ2) is 8.91. The Hall–Kier alpha value is -2.16. The minimum atomic E-state index is -4.67. The van der Waals surface area contributed by atoms with Crippen molar-refractivity contribution in [2.45, 2.75) is 50.6 Å². The van der Waals surface area contributed by atoms with Gasteiger partial charge in [-0.3, -0.25) is 4.90 Å². The van der Waals surface area contributed by atoms with Crippen molar-refractivity contribution < 1.29 is 22.7 Å². The zero-order valence-electron chi connectivity index (χ0n) is 17.0. The van der Waals surface area contributed by atoms with Crippen molar-refractivity contribution >= 4 is 11.7 Å². The Kier molecular flexibility index (Phi) is 6.26. The number of urea groups is 1. The highest BCUT2D eigenvalue weighted by Gasteiger charge is 2.37. The van der Waals surface area contributed by atoms with E-state index in [0.29, 0.717) is 12.1 Å². The van der Waals surface area contributed by atoms with Gasteiger partial charge in [0.05, 0.1) is 0 Å². The fourth-order valence-electron chi connectivity index (χ4n) is 4.57. The van der Waals surface area contributed by atoms with Crippen LogP contribution >= 0.6 is 0 Å². The first-order valence-corrected chi connectivity index (χ1v) is 10.8. The van der Waals surface area contributed by atoms with Crippen molar-refractivity contribution in [2.75, 3.05) is 44.2 Å². The van der Waals surface area contributed by atoms with E-state index in [1.807, 2.05) is 4.90 Å². The predicted octanol–water partition coefficient (Wildman–Crippen LogP) is 3.43. The fourth-order valence-corrected chi connectivity index (χ4v) is 4.57. The van der Waals surface area contributed by atoms with Gasteiger partial charge in [-0.2, -0.15) is 0 Å². The third kappa shape index (κ3) is 5.30. The van der Waals surface area contributed by atoms with Crippen LogP contribution in [-0.2, 0) is 0 Å². The maximum atomic E-state index is 12.4. The lowest BCUT2D eigenvalue weighted by atomic mass is 9.95. The van der Waals surface area contributed by atoms with E-state index in [9.17, 15) is 18.0 Å². The minimum absolute atomic E-state index is 0.0675. The molecule has 2 amide bonds. The summed E-state index contributed by atoms with van der Waals surface area (Å²) in [5, 5.41) is 3.17. The predicted molar refractivity (Wildman–Crippen MR) is 108 cm³/mol. The summed E-state index contributed by atoms with van der Waals surface area (Å²) in [5.74, 6) is -0.203. The number of hydrogen-bond acceptors (Lipinski definition) is 4. The van der Waals surface area contributed by atoms with E-state index in [4.69, 9.17) is 0 Å². The largest absolute Gasteiger partial charge is 0.573 e. The minimum Gasteiger partial charge on any atom is -0.406 e. The van der Waals surface area contributed by atoms with E-state index >= 15 is 0 Å². The fraction of sp³-hybridized carbons (Fsp3) is 0.667. The Morgan fingerprint density at radius 1 is 0.967 bits per heavy atom. The van der Waals surface area contributed by atoms with Crippen LogP contribution in [0.3, 0.4) is 0 Å². The normalized spacial score (nSPS) is 22.0. The Morgan fingerprint density at radius 2 is 1.60 bits per heavy atom. The van der Waals surface area contributed by atoms with Gasteiger partial charge >= 0.3 is 12.4 Å². The molecule has 1 aliphatic carbocycles. The molecule has 2 aliphatic heterocycles. The van der Waals surface area contributed by atoms with Gasteiger partial charge < -0.3 is 19.9 Å². The molecule has 0 spiro atoms. The lowest BCUT2D eigenvalue weighted by Gasteiger charge is -2.48. The third-order valence-electron chi connectivity index (χ3n) is 6.35. The van der Waals surface area contributed by atoms with Crippen LogP contribution in [0.5, 0.6) is 5.75 Å². The Labute approximate surface area is 174 Å². The van der Waals surface area contributed by atoms with Gasteiger partial charge in [0.25, 0.3) is 0 Å². The number of likely N-dealkylation sites (tertiary alicyclic amines) is 1. The Bertz CT molecular complexity index is 708. The molecule has 3 fully saturated rings. The van der Waals surface area contributed by atoms with Gasteiger partial charge in [-0.15, -0.1) is 13.2 Å². The Morgan fingerprint density at radius 3 is 2.20 bits per heavy atom. The van der Waals surface area contributed by atoms with Crippen LogP contribution in [0.15, 0.2) is 24.3 Å². The molecule has 2 saturated heterocycles. The van der Waals surface area contributed by atoms with Gasteiger partial charge in [0.15, 0.2) is 0 Å². The molecule has 9 heteroatoms. The molecule has 1 aromatic carbocycles. The third-order valence-corrected chi connectivity index (χ3v) is 6.35. The summed E-state index contributed by atoms with van der Waals surface area (Å²) in [6, 6.07) is 6.83. The molecule has 2 heterocycles. The monoisotopic (exact) mass is 426 g/mol. The number of carbonyl (C=O) groups excluding carboxylic acids is 1. The van der Waals surface area contributed by atoms with Gasteiger partial charge in [0, 0.05) is 57.0 Å². The zero-order chi connectivity index (χ0) is 21.1. The molecule has 6 nitrogen and oxygen atoms in total. The highest BCUT2D eigenvalue weighted by molar-refractivity contribution is 5.75. The number of rotatable bonds is 4. The smallest absolute Gasteiger partial charge is 0.406 e. The van der Waals surface area contributed by atoms with Crippen LogP contribution in [0.25, 0.3) is 0 Å². The second-order valence-electron chi connectivity index (χ2n) is 8.41. The van der Waals surface area contributed by atoms with Crippen LogP contribution < -0.4 is 15.0 Å². The number of halogens is 3. The summed E-state index contributed by atoms with van der Waals surface area (Å²) >= 11 is 0. The van der Waals surface area contributed by atoms with E-state index in [2.05, 4.69) is 19.9 Å². The summed E-state index contributed by atoms with van der Waals surface area (Å²) in [5.41, 5.74) is 0.895. The number of carbonyl (C=O) groups is 1. The van der Waals surface area contributed by atoms with Crippen LogP contribution in [0.2, 0.25) is 0 Å². The zero-order valence-corrected chi connectivity index (χ0v) is 17.0. The number of nitrogens with zero attached hydrogens (tertiary/aromatic N) is 3. The molecule has 3 aliphatic rings. The van der Waals surface area contributed by atoms with Crippen molar-refractivity contribution in [1.29, 1.82) is 0 Å². The molecule has 1 N–H and O–H groups in total. The molecule has 0 radical (unpaired) electrons. The van der Waals surface area contributed by atoms with E-state index in [-0.39, 0.29) is 11.8 Å². The maximum absolute atomic E-state index is 12.4.